The normalized spacial score (nSPS) is 13.6. The number of aryl methyl sites for hydroxylation is 2. The van der Waals surface area contributed by atoms with E-state index in [2.05, 4.69) is 35.3 Å². The standard InChI is InChI=1S/C18H17Cl3N2O/c1-11-4-5-17-12(7-11)3-2-6-23(17)10-18(24)22-16-9-14(20)13(19)8-15(16)21/h4-5,7-9H,2-3,6,10H2,1H3,(H,22,24). The van der Waals surface area contributed by atoms with Gasteiger partial charge in [-0.25, -0.2) is 0 Å². The molecule has 1 N–H and O–H groups in total. The molecule has 2 aromatic rings. The van der Waals surface area contributed by atoms with Crippen molar-refractivity contribution in [1.29, 1.82) is 0 Å². The van der Waals surface area contributed by atoms with Gasteiger partial charge in [0.1, 0.15) is 0 Å². The number of benzene rings is 2. The average Bonchev–Trinajstić information content (AvgIpc) is 2.52. The van der Waals surface area contributed by atoms with Crippen LogP contribution in [-0.2, 0) is 11.2 Å². The van der Waals surface area contributed by atoms with Gasteiger partial charge in [-0.15, -0.1) is 0 Å². The monoisotopic (exact) mass is 382 g/mol. The molecular formula is C18H17Cl3N2O. The highest BCUT2D eigenvalue weighted by Crippen LogP contribution is 2.32. The topological polar surface area (TPSA) is 32.3 Å². The van der Waals surface area contributed by atoms with E-state index in [9.17, 15) is 4.79 Å². The lowest BCUT2D eigenvalue weighted by Crippen LogP contribution is -2.36. The van der Waals surface area contributed by atoms with Crippen LogP contribution < -0.4 is 10.2 Å². The van der Waals surface area contributed by atoms with Crippen molar-refractivity contribution in [2.24, 2.45) is 0 Å². The smallest absolute Gasteiger partial charge is 0.243 e. The zero-order chi connectivity index (χ0) is 17.3. The lowest BCUT2D eigenvalue weighted by atomic mass is 9.99. The van der Waals surface area contributed by atoms with Crippen LogP contribution >= 0.6 is 34.8 Å². The van der Waals surface area contributed by atoms with Crippen molar-refractivity contribution in [1.82, 2.24) is 0 Å². The third-order valence-electron chi connectivity index (χ3n) is 4.07. The second-order valence-corrected chi connectivity index (χ2v) is 7.17. The largest absolute Gasteiger partial charge is 0.362 e. The fourth-order valence-corrected chi connectivity index (χ4v) is 3.54. The summed E-state index contributed by atoms with van der Waals surface area (Å²) in [5.41, 5.74) is 4.13. The van der Waals surface area contributed by atoms with Crippen molar-refractivity contribution in [3.63, 3.8) is 0 Å². The first-order valence-electron chi connectivity index (χ1n) is 7.73. The summed E-state index contributed by atoms with van der Waals surface area (Å²) in [7, 11) is 0. The molecule has 3 rings (SSSR count). The van der Waals surface area contributed by atoms with Gasteiger partial charge in [0.15, 0.2) is 0 Å². The maximum absolute atomic E-state index is 12.4. The molecule has 24 heavy (non-hydrogen) atoms. The van der Waals surface area contributed by atoms with Crippen molar-refractivity contribution in [3.8, 4) is 0 Å². The summed E-state index contributed by atoms with van der Waals surface area (Å²) in [6.45, 7) is 3.21. The highest BCUT2D eigenvalue weighted by atomic mass is 35.5. The molecule has 126 valence electrons. The van der Waals surface area contributed by atoms with Crippen LogP contribution in [0.1, 0.15) is 17.5 Å². The number of amides is 1. The van der Waals surface area contributed by atoms with Crippen molar-refractivity contribution in [2.75, 3.05) is 23.3 Å². The van der Waals surface area contributed by atoms with Gasteiger partial charge in [0.25, 0.3) is 0 Å². The third kappa shape index (κ3) is 3.80. The molecule has 0 atom stereocenters. The molecule has 0 saturated heterocycles. The summed E-state index contributed by atoms with van der Waals surface area (Å²) >= 11 is 18.0. The summed E-state index contributed by atoms with van der Waals surface area (Å²) in [4.78, 5) is 14.5. The minimum atomic E-state index is -0.135. The Morgan fingerprint density at radius 1 is 1.12 bits per heavy atom. The summed E-state index contributed by atoms with van der Waals surface area (Å²) in [5, 5.41) is 3.90. The second kappa shape index (κ2) is 7.22. The second-order valence-electron chi connectivity index (χ2n) is 5.95. The molecule has 0 unspecified atom stereocenters. The number of rotatable bonds is 3. The molecule has 1 amide bonds. The van der Waals surface area contributed by atoms with Crippen LogP contribution in [0, 0.1) is 6.92 Å². The molecule has 0 aliphatic carbocycles. The fourth-order valence-electron chi connectivity index (χ4n) is 2.95. The molecule has 1 aliphatic heterocycles. The highest BCUT2D eigenvalue weighted by Gasteiger charge is 2.19. The van der Waals surface area contributed by atoms with E-state index in [0.29, 0.717) is 20.8 Å². The van der Waals surface area contributed by atoms with E-state index in [1.165, 1.54) is 17.2 Å². The van der Waals surface area contributed by atoms with Gasteiger partial charge < -0.3 is 10.2 Å². The Balaban J connectivity index is 1.74. The summed E-state index contributed by atoms with van der Waals surface area (Å²) < 4.78 is 0. The Bertz CT molecular complexity index is 792. The molecule has 3 nitrogen and oxygen atoms in total. The number of fused-ring (bicyclic) bond motifs is 1. The number of carbonyl (C=O) groups is 1. The molecular weight excluding hydrogens is 367 g/mol. The van der Waals surface area contributed by atoms with E-state index in [1.807, 2.05) is 0 Å². The number of nitrogens with one attached hydrogen (secondary N) is 1. The molecule has 0 saturated carbocycles. The Morgan fingerprint density at radius 3 is 2.67 bits per heavy atom. The van der Waals surface area contributed by atoms with Gasteiger partial charge in [-0.1, -0.05) is 52.5 Å². The first-order valence-corrected chi connectivity index (χ1v) is 8.86. The predicted molar refractivity (Wildman–Crippen MR) is 102 cm³/mol. The molecule has 1 aliphatic rings. The molecule has 1 heterocycles. The van der Waals surface area contributed by atoms with Crippen LogP contribution in [0.3, 0.4) is 0 Å². The van der Waals surface area contributed by atoms with Gasteiger partial charge in [0.2, 0.25) is 5.91 Å². The van der Waals surface area contributed by atoms with Gasteiger partial charge in [-0.2, -0.15) is 0 Å². The van der Waals surface area contributed by atoms with Crippen LogP contribution in [-0.4, -0.2) is 19.0 Å². The predicted octanol–water partition coefficient (Wildman–Crippen LogP) is 5.35. The van der Waals surface area contributed by atoms with E-state index in [1.54, 1.807) is 6.07 Å². The number of hydrogen-bond acceptors (Lipinski definition) is 2. The van der Waals surface area contributed by atoms with Crippen molar-refractivity contribution >= 4 is 52.1 Å². The first-order chi connectivity index (χ1) is 11.4. The van der Waals surface area contributed by atoms with Gasteiger partial charge in [-0.3, -0.25) is 4.79 Å². The van der Waals surface area contributed by atoms with Crippen molar-refractivity contribution in [3.05, 3.63) is 56.5 Å². The number of nitrogens with zero attached hydrogens (tertiary/aromatic N) is 1. The van der Waals surface area contributed by atoms with Gasteiger partial charge >= 0.3 is 0 Å². The molecule has 0 bridgehead atoms. The van der Waals surface area contributed by atoms with Gasteiger partial charge in [0, 0.05) is 12.2 Å². The Labute approximate surface area is 156 Å². The van der Waals surface area contributed by atoms with E-state index in [4.69, 9.17) is 34.8 Å². The molecule has 2 aromatic carbocycles. The van der Waals surface area contributed by atoms with Crippen LogP contribution in [0.5, 0.6) is 0 Å². The Morgan fingerprint density at radius 2 is 1.88 bits per heavy atom. The van der Waals surface area contributed by atoms with Gasteiger partial charge in [-0.05, 0) is 43.5 Å². The summed E-state index contributed by atoms with van der Waals surface area (Å²) in [6.07, 6.45) is 2.09. The number of anilines is 2. The summed E-state index contributed by atoms with van der Waals surface area (Å²) in [6, 6.07) is 9.45. The molecule has 0 spiro atoms. The van der Waals surface area contributed by atoms with Crippen LogP contribution in [0.2, 0.25) is 15.1 Å². The van der Waals surface area contributed by atoms with E-state index >= 15 is 0 Å². The van der Waals surface area contributed by atoms with Crippen molar-refractivity contribution < 1.29 is 4.79 Å². The highest BCUT2D eigenvalue weighted by molar-refractivity contribution is 6.44. The SMILES string of the molecule is Cc1ccc2c(c1)CCCN2CC(=O)Nc1cc(Cl)c(Cl)cc1Cl. The number of halogens is 3. The fraction of sp³-hybridized carbons (Fsp3) is 0.278. The lowest BCUT2D eigenvalue weighted by molar-refractivity contribution is -0.115. The minimum absolute atomic E-state index is 0.135. The van der Waals surface area contributed by atoms with E-state index in [0.717, 1.165) is 25.1 Å². The number of hydrogen-bond donors (Lipinski definition) is 1. The van der Waals surface area contributed by atoms with E-state index in [-0.39, 0.29) is 12.5 Å². The summed E-state index contributed by atoms with van der Waals surface area (Å²) in [5.74, 6) is -0.135. The zero-order valence-corrected chi connectivity index (χ0v) is 15.5. The molecule has 0 radical (unpaired) electrons. The van der Waals surface area contributed by atoms with Gasteiger partial charge in [0.05, 0.1) is 27.3 Å². The molecule has 6 heteroatoms. The van der Waals surface area contributed by atoms with Crippen molar-refractivity contribution in [2.45, 2.75) is 19.8 Å². The third-order valence-corrected chi connectivity index (χ3v) is 5.10. The zero-order valence-electron chi connectivity index (χ0n) is 13.2. The molecule has 0 aromatic heterocycles. The Kier molecular flexibility index (Phi) is 5.24. The van der Waals surface area contributed by atoms with Crippen LogP contribution in [0.25, 0.3) is 0 Å². The van der Waals surface area contributed by atoms with Crippen LogP contribution in [0.4, 0.5) is 11.4 Å². The first kappa shape index (κ1) is 17.4. The number of carbonyl (C=O) groups excluding carboxylic acids is 1. The quantitative estimate of drug-likeness (QED) is 0.725. The maximum Gasteiger partial charge on any atom is 0.243 e. The average molecular weight is 384 g/mol. The Hall–Kier alpha value is -1.42. The maximum atomic E-state index is 12.4. The minimum Gasteiger partial charge on any atom is -0.362 e. The van der Waals surface area contributed by atoms with E-state index < -0.39 is 0 Å². The lowest BCUT2D eigenvalue weighted by Gasteiger charge is -2.31. The molecule has 0 fully saturated rings. The van der Waals surface area contributed by atoms with Crippen LogP contribution in [0.15, 0.2) is 30.3 Å².